The lowest BCUT2D eigenvalue weighted by atomic mass is 9.96. The molecule has 1 heterocycles. The summed E-state index contributed by atoms with van der Waals surface area (Å²) >= 11 is 0. The van der Waals surface area contributed by atoms with E-state index in [1.54, 1.807) is 0 Å². The fourth-order valence-corrected chi connectivity index (χ4v) is 1.75. The zero-order valence-corrected chi connectivity index (χ0v) is 9.05. The quantitative estimate of drug-likeness (QED) is 0.510. The number of ether oxygens (including phenoxy) is 1. The molecule has 0 aromatic rings. The van der Waals surface area contributed by atoms with Crippen molar-refractivity contribution in [3.63, 3.8) is 0 Å². The van der Waals surface area contributed by atoms with Gasteiger partial charge in [-0.1, -0.05) is 32.6 Å². The average Bonchev–Trinajstić information content (AvgIpc) is 2.70. The Hall–Kier alpha value is -0.0800. The molecule has 1 fully saturated rings. The molecule has 1 aliphatic heterocycles. The van der Waals surface area contributed by atoms with Gasteiger partial charge in [0.15, 0.2) is 0 Å². The largest absolute Gasteiger partial charge is 0.390 e. The molecule has 0 radical (unpaired) electrons. The first-order valence-electron chi connectivity index (χ1n) is 5.47. The Bertz CT molecular complexity index is 158. The molecule has 0 amide bonds. The molecular formula is C11H22O2. The van der Waals surface area contributed by atoms with Crippen LogP contribution < -0.4 is 0 Å². The summed E-state index contributed by atoms with van der Waals surface area (Å²) in [4.78, 5) is 0. The molecule has 0 saturated carbocycles. The van der Waals surface area contributed by atoms with Gasteiger partial charge in [-0.3, -0.25) is 0 Å². The number of unbranched alkanes of at least 4 members (excludes halogenated alkanes) is 3. The molecule has 2 heteroatoms. The molecule has 0 aromatic heterocycles. The van der Waals surface area contributed by atoms with E-state index in [2.05, 4.69) is 6.92 Å². The Labute approximate surface area is 81.3 Å². The van der Waals surface area contributed by atoms with Gasteiger partial charge in [-0.05, 0) is 20.3 Å². The second-order valence-corrected chi connectivity index (χ2v) is 4.31. The van der Waals surface area contributed by atoms with E-state index in [4.69, 9.17) is 4.74 Å². The van der Waals surface area contributed by atoms with Crippen LogP contribution in [-0.4, -0.2) is 22.9 Å². The van der Waals surface area contributed by atoms with E-state index in [0.29, 0.717) is 0 Å². The van der Waals surface area contributed by atoms with E-state index < -0.39 is 0 Å². The van der Waals surface area contributed by atoms with E-state index in [-0.39, 0.29) is 17.8 Å². The van der Waals surface area contributed by atoms with Gasteiger partial charge in [0, 0.05) is 0 Å². The lowest BCUT2D eigenvalue weighted by molar-refractivity contribution is 0.0751. The van der Waals surface area contributed by atoms with Crippen molar-refractivity contribution in [3.8, 4) is 0 Å². The predicted molar refractivity (Wildman–Crippen MR) is 53.7 cm³/mol. The maximum absolute atomic E-state index is 9.79. The van der Waals surface area contributed by atoms with Crippen LogP contribution >= 0.6 is 0 Å². The molecule has 0 aliphatic carbocycles. The van der Waals surface area contributed by atoms with Crippen molar-refractivity contribution in [2.45, 2.75) is 70.7 Å². The summed E-state index contributed by atoms with van der Waals surface area (Å²) in [6, 6.07) is 0. The molecule has 1 aliphatic rings. The minimum absolute atomic E-state index is 0.230. The van der Waals surface area contributed by atoms with Gasteiger partial charge in [0.25, 0.3) is 0 Å². The molecule has 1 N–H and O–H groups in total. The minimum Gasteiger partial charge on any atom is -0.390 e. The van der Waals surface area contributed by atoms with E-state index in [0.717, 1.165) is 12.8 Å². The van der Waals surface area contributed by atoms with Crippen molar-refractivity contribution in [3.05, 3.63) is 0 Å². The Morgan fingerprint density at radius 3 is 2.46 bits per heavy atom. The van der Waals surface area contributed by atoms with E-state index in [1.165, 1.54) is 19.3 Å². The van der Waals surface area contributed by atoms with Crippen molar-refractivity contribution in [2.24, 2.45) is 0 Å². The smallest absolute Gasteiger partial charge is 0.117 e. The number of hydrogen-bond acceptors (Lipinski definition) is 2. The molecule has 78 valence electrons. The van der Waals surface area contributed by atoms with Crippen molar-refractivity contribution in [1.29, 1.82) is 0 Å². The van der Waals surface area contributed by atoms with E-state index >= 15 is 0 Å². The van der Waals surface area contributed by atoms with Gasteiger partial charge in [0.05, 0.1) is 12.2 Å². The molecule has 2 nitrogen and oxygen atoms in total. The highest BCUT2D eigenvalue weighted by atomic mass is 16.6. The van der Waals surface area contributed by atoms with E-state index in [1.807, 2.05) is 13.8 Å². The van der Waals surface area contributed by atoms with Gasteiger partial charge < -0.3 is 9.84 Å². The molecule has 1 saturated heterocycles. The molecule has 0 bridgehead atoms. The summed E-state index contributed by atoms with van der Waals surface area (Å²) in [7, 11) is 0. The number of hydrogen-bond donors (Lipinski definition) is 1. The molecular weight excluding hydrogens is 164 g/mol. The van der Waals surface area contributed by atoms with E-state index in [9.17, 15) is 5.11 Å². The monoisotopic (exact) mass is 186 g/mol. The Morgan fingerprint density at radius 2 is 2.00 bits per heavy atom. The summed E-state index contributed by atoms with van der Waals surface area (Å²) in [5, 5.41) is 9.79. The van der Waals surface area contributed by atoms with Gasteiger partial charge in [0.1, 0.15) is 5.60 Å². The first kappa shape index (κ1) is 11.0. The highest BCUT2D eigenvalue weighted by Gasteiger charge is 2.53. The van der Waals surface area contributed by atoms with Crippen LogP contribution in [0, 0.1) is 0 Å². The normalized spacial score (nSPS) is 34.6. The van der Waals surface area contributed by atoms with Gasteiger partial charge in [-0.2, -0.15) is 0 Å². The fourth-order valence-electron chi connectivity index (χ4n) is 1.75. The molecule has 0 spiro atoms. The number of aliphatic hydroxyl groups excluding tert-OH is 1. The first-order chi connectivity index (χ1) is 6.11. The predicted octanol–water partition coefficient (Wildman–Crippen LogP) is 2.50. The third-order valence-electron chi connectivity index (χ3n) is 3.17. The summed E-state index contributed by atoms with van der Waals surface area (Å²) in [5.74, 6) is 0. The number of aliphatic hydroxyl groups is 1. The highest BCUT2D eigenvalue weighted by molar-refractivity contribution is 5.01. The lowest BCUT2D eigenvalue weighted by Gasteiger charge is -2.14. The van der Waals surface area contributed by atoms with Gasteiger partial charge in [0.2, 0.25) is 0 Å². The van der Waals surface area contributed by atoms with Gasteiger partial charge in [-0.25, -0.2) is 0 Å². The summed E-state index contributed by atoms with van der Waals surface area (Å²) in [5.41, 5.74) is -0.230. The maximum atomic E-state index is 9.79. The van der Waals surface area contributed by atoms with Crippen LogP contribution in [0.4, 0.5) is 0 Å². The number of rotatable bonds is 6. The summed E-state index contributed by atoms with van der Waals surface area (Å²) < 4.78 is 5.37. The summed E-state index contributed by atoms with van der Waals surface area (Å²) in [6.07, 6.45) is 5.76. The average molecular weight is 186 g/mol. The zero-order valence-electron chi connectivity index (χ0n) is 9.05. The third-order valence-corrected chi connectivity index (χ3v) is 3.17. The first-order valence-corrected chi connectivity index (χ1v) is 5.47. The molecule has 3 atom stereocenters. The number of epoxide rings is 1. The van der Waals surface area contributed by atoms with Crippen LogP contribution in [0.15, 0.2) is 0 Å². The third kappa shape index (κ3) is 2.68. The fraction of sp³-hybridized carbons (Fsp3) is 1.00. The maximum Gasteiger partial charge on any atom is 0.117 e. The van der Waals surface area contributed by atoms with Crippen LogP contribution in [0.2, 0.25) is 0 Å². The zero-order chi connectivity index (χ0) is 9.90. The summed E-state index contributed by atoms with van der Waals surface area (Å²) in [6.45, 7) is 6.22. The van der Waals surface area contributed by atoms with Crippen molar-refractivity contribution in [1.82, 2.24) is 0 Å². The van der Waals surface area contributed by atoms with Crippen LogP contribution in [0.1, 0.15) is 52.9 Å². The molecule has 0 aromatic carbocycles. The molecule has 13 heavy (non-hydrogen) atoms. The van der Waals surface area contributed by atoms with Crippen molar-refractivity contribution < 1.29 is 9.84 Å². The Kier molecular flexibility index (Phi) is 3.74. The minimum atomic E-state index is -0.264. The Morgan fingerprint density at radius 1 is 1.38 bits per heavy atom. The standard InChI is InChI=1S/C11H22O2/c1-4-5-6-7-8-10(12)11(3)9(2)13-11/h9-10,12H,4-8H2,1-3H3/t9-,10?,11-/m0/s1. The second-order valence-electron chi connectivity index (χ2n) is 4.31. The highest BCUT2D eigenvalue weighted by Crippen LogP contribution is 2.40. The van der Waals surface area contributed by atoms with Crippen LogP contribution in [0.3, 0.4) is 0 Å². The van der Waals surface area contributed by atoms with Gasteiger partial charge >= 0.3 is 0 Å². The lowest BCUT2D eigenvalue weighted by Crippen LogP contribution is -2.28. The van der Waals surface area contributed by atoms with Crippen LogP contribution in [0.25, 0.3) is 0 Å². The molecule has 1 rings (SSSR count). The molecule has 1 unspecified atom stereocenters. The van der Waals surface area contributed by atoms with Gasteiger partial charge in [-0.15, -0.1) is 0 Å². The topological polar surface area (TPSA) is 32.8 Å². The van der Waals surface area contributed by atoms with Crippen LogP contribution in [-0.2, 0) is 4.74 Å². The Balaban J connectivity index is 2.08. The van der Waals surface area contributed by atoms with Crippen molar-refractivity contribution in [2.75, 3.05) is 0 Å². The van der Waals surface area contributed by atoms with Crippen LogP contribution in [0.5, 0.6) is 0 Å². The SMILES string of the molecule is CCCCCCC(O)[C@@]1(C)O[C@H]1C. The van der Waals surface area contributed by atoms with Crippen molar-refractivity contribution >= 4 is 0 Å². The second kappa shape index (κ2) is 4.43.